The molecule has 3 aromatic rings. The Labute approximate surface area is 239 Å². The number of nitrogens with zero attached hydrogens (tertiary/aromatic N) is 4. The average molecular weight is 589 g/mol. The molecule has 9 nitrogen and oxygen atoms in total. The van der Waals surface area contributed by atoms with Crippen LogP contribution in [0.2, 0.25) is 5.02 Å². The smallest absolute Gasteiger partial charge is 0.252 e. The molecule has 0 spiro atoms. The maximum atomic E-state index is 14.5. The van der Waals surface area contributed by atoms with Gasteiger partial charge in [0.2, 0.25) is 11.8 Å². The summed E-state index contributed by atoms with van der Waals surface area (Å²) < 4.78 is 47.1. The summed E-state index contributed by atoms with van der Waals surface area (Å²) in [5.74, 6) is -4.47. The normalized spacial score (nSPS) is 19.1. The Balaban J connectivity index is 1.61. The summed E-state index contributed by atoms with van der Waals surface area (Å²) in [6.07, 6.45) is -0.868. The zero-order chi connectivity index (χ0) is 29.3. The summed E-state index contributed by atoms with van der Waals surface area (Å²) >= 11 is 6.49. The van der Waals surface area contributed by atoms with E-state index >= 15 is 0 Å². The van der Waals surface area contributed by atoms with Crippen molar-refractivity contribution < 1.29 is 27.5 Å². The second-order valence-electron chi connectivity index (χ2n) is 9.83. The Hall–Kier alpha value is -3.87. The minimum atomic E-state index is -2.91. The summed E-state index contributed by atoms with van der Waals surface area (Å²) in [6.45, 7) is 0. The van der Waals surface area contributed by atoms with E-state index in [-0.39, 0.29) is 40.7 Å². The van der Waals surface area contributed by atoms with Crippen molar-refractivity contribution in [3.63, 3.8) is 0 Å². The van der Waals surface area contributed by atoms with Crippen molar-refractivity contribution in [3.8, 4) is 5.75 Å². The number of carbonyl (C=O) groups excluding carboxylic acids is 2. The van der Waals surface area contributed by atoms with Crippen LogP contribution >= 0.6 is 11.6 Å². The topological polar surface area (TPSA) is 101 Å². The molecule has 2 atom stereocenters. The molecule has 1 N–H and O–H groups in total. The van der Waals surface area contributed by atoms with Gasteiger partial charge in [0.1, 0.15) is 11.9 Å². The molecular weight excluding hydrogens is 563 g/mol. The van der Waals surface area contributed by atoms with E-state index < -0.39 is 54.6 Å². The molecule has 2 amide bonds. The second kappa shape index (κ2) is 11.6. The van der Waals surface area contributed by atoms with Crippen LogP contribution in [-0.4, -0.2) is 47.2 Å². The number of hydroxylamine groups is 1. The Morgan fingerprint density at radius 1 is 1.20 bits per heavy atom. The van der Waals surface area contributed by atoms with Gasteiger partial charge in [0.25, 0.3) is 5.92 Å². The lowest BCUT2D eigenvalue weighted by molar-refractivity contribution is -0.131. The molecule has 2 aromatic carbocycles. The van der Waals surface area contributed by atoms with E-state index in [1.807, 2.05) is 0 Å². The molecule has 1 aliphatic heterocycles. The Kier molecular flexibility index (Phi) is 8.07. The number of ether oxygens (including phenoxy) is 1. The third-order valence-corrected chi connectivity index (χ3v) is 7.40. The van der Waals surface area contributed by atoms with E-state index in [1.54, 1.807) is 24.3 Å². The van der Waals surface area contributed by atoms with Gasteiger partial charge in [-0.3, -0.25) is 24.7 Å². The van der Waals surface area contributed by atoms with Gasteiger partial charge in [-0.1, -0.05) is 35.9 Å². The fourth-order valence-electron chi connectivity index (χ4n) is 5.12. The molecule has 5 rings (SSSR count). The number of pyridine rings is 1. The average Bonchev–Trinajstić information content (AvgIpc) is 3.31. The van der Waals surface area contributed by atoms with Gasteiger partial charge in [-0.15, -0.1) is 0 Å². The van der Waals surface area contributed by atoms with E-state index in [1.165, 1.54) is 48.5 Å². The second-order valence-corrected chi connectivity index (χ2v) is 10.2. The van der Waals surface area contributed by atoms with Crippen LogP contribution < -0.4 is 20.0 Å². The molecule has 2 heterocycles. The number of halogens is 4. The summed E-state index contributed by atoms with van der Waals surface area (Å²) in [5.41, 5.74) is 0.153. The van der Waals surface area contributed by atoms with Crippen LogP contribution in [0, 0.1) is 11.0 Å². The first-order valence-electron chi connectivity index (χ1n) is 12.8. The lowest BCUT2D eigenvalue weighted by Gasteiger charge is -2.50. The number of nitrogens with one attached hydrogen (secondary N) is 1. The molecule has 0 unspecified atom stereocenters. The molecule has 216 valence electrons. The molecule has 1 saturated heterocycles. The van der Waals surface area contributed by atoms with Gasteiger partial charge >= 0.3 is 0 Å². The molecule has 1 aliphatic carbocycles. The minimum absolute atomic E-state index is 0.0137. The number of rotatable bonds is 9. The molecular formula is C28H26ClF3N5O4-. The fourth-order valence-corrected chi connectivity index (χ4v) is 5.36. The number of benzene rings is 2. The highest BCUT2D eigenvalue weighted by Gasteiger charge is 2.47. The standard InChI is InChI=1S/C28H26ClF3N5O4/c1-41-22-10-5-13-33-26(22)35-23(11-12-24(35)38)37(40)36(19-7-4-6-17(30)14-19)25(20-8-2-3-9-21(20)29)27(39)34-18-15-28(31,32)16-18/h2-10,13-14,18,23,25H,11-12,15-16H2,1H3,(H,34,39)/q-1/t23-,25+/m1/s1. The van der Waals surface area contributed by atoms with Gasteiger partial charge in [-0.05, 0) is 42.8 Å². The van der Waals surface area contributed by atoms with Crippen molar-refractivity contribution >= 4 is 34.9 Å². The monoisotopic (exact) mass is 588 g/mol. The number of alkyl halides is 2. The first-order chi connectivity index (χ1) is 19.6. The molecule has 1 aromatic heterocycles. The third kappa shape index (κ3) is 5.81. The van der Waals surface area contributed by atoms with E-state index in [9.17, 15) is 28.0 Å². The molecule has 0 bridgehead atoms. The van der Waals surface area contributed by atoms with Gasteiger partial charge in [0, 0.05) is 42.1 Å². The quantitative estimate of drug-likeness (QED) is 0.342. The van der Waals surface area contributed by atoms with Crippen LogP contribution in [0.1, 0.15) is 37.3 Å². The van der Waals surface area contributed by atoms with Crippen LogP contribution in [0.15, 0.2) is 66.9 Å². The number of hydrogen-bond donors (Lipinski definition) is 1. The van der Waals surface area contributed by atoms with Crippen LogP contribution in [0.5, 0.6) is 5.75 Å². The lowest BCUT2D eigenvalue weighted by atomic mass is 9.88. The first-order valence-corrected chi connectivity index (χ1v) is 13.2. The van der Waals surface area contributed by atoms with Crippen molar-refractivity contribution in [3.05, 3.63) is 88.5 Å². The number of anilines is 2. The van der Waals surface area contributed by atoms with Crippen LogP contribution in [0.25, 0.3) is 0 Å². The zero-order valence-electron chi connectivity index (χ0n) is 21.8. The van der Waals surface area contributed by atoms with Gasteiger partial charge in [0.05, 0.1) is 19.0 Å². The first kappa shape index (κ1) is 28.7. The Morgan fingerprint density at radius 3 is 2.63 bits per heavy atom. The number of methoxy groups -OCH3 is 1. The van der Waals surface area contributed by atoms with Crippen molar-refractivity contribution in [2.75, 3.05) is 17.0 Å². The molecule has 41 heavy (non-hydrogen) atoms. The molecule has 0 radical (unpaired) electrons. The van der Waals surface area contributed by atoms with Crippen molar-refractivity contribution in [2.45, 2.75) is 49.9 Å². The van der Waals surface area contributed by atoms with Crippen LogP contribution in [0.3, 0.4) is 0 Å². The van der Waals surface area contributed by atoms with Crippen LogP contribution in [0.4, 0.5) is 24.7 Å². The molecule has 2 aliphatic rings. The highest BCUT2D eigenvalue weighted by atomic mass is 35.5. The molecule has 13 heteroatoms. The van der Waals surface area contributed by atoms with Gasteiger partial charge in [0.15, 0.2) is 11.6 Å². The van der Waals surface area contributed by atoms with Crippen molar-refractivity contribution in [1.29, 1.82) is 0 Å². The predicted octanol–water partition coefficient (Wildman–Crippen LogP) is 5.21. The van der Waals surface area contributed by atoms with E-state index in [2.05, 4.69) is 10.3 Å². The lowest BCUT2D eigenvalue weighted by Crippen LogP contribution is -2.58. The number of aromatic nitrogens is 1. The van der Waals surface area contributed by atoms with Gasteiger partial charge in [-0.2, -0.15) is 0 Å². The maximum Gasteiger partial charge on any atom is 0.252 e. The summed E-state index contributed by atoms with van der Waals surface area (Å²) in [5, 5.41) is 18.5. The van der Waals surface area contributed by atoms with Gasteiger partial charge in [-0.25, -0.2) is 18.2 Å². The summed E-state index contributed by atoms with van der Waals surface area (Å²) in [4.78, 5) is 32.3. The Bertz CT molecular complexity index is 1440. The van der Waals surface area contributed by atoms with Crippen molar-refractivity contribution in [2.24, 2.45) is 0 Å². The number of amides is 2. The number of hydrazine groups is 1. The number of carbonyl (C=O) groups is 2. The van der Waals surface area contributed by atoms with Gasteiger partial charge < -0.3 is 15.3 Å². The zero-order valence-corrected chi connectivity index (χ0v) is 22.6. The largest absolute Gasteiger partial charge is 0.766 e. The molecule has 2 fully saturated rings. The summed E-state index contributed by atoms with van der Waals surface area (Å²) in [7, 11) is 1.39. The summed E-state index contributed by atoms with van der Waals surface area (Å²) in [6, 6.07) is 12.1. The fraction of sp³-hybridized carbons (Fsp3) is 0.321. The van der Waals surface area contributed by atoms with Crippen LogP contribution in [-0.2, 0) is 9.59 Å². The highest BCUT2D eigenvalue weighted by Crippen LogP contribution is 2.41. The maximum absolute atomic E-state index is 14.5. The van der Waals surface area contributed by atoms with E-state index in [0.717, 1.165) is 11.1 Å². The third-order valence-electron chi connectivity index (χ3n) is 7.05. The highest BCUT2D eigenvalue weighted by molar-refractivity contribution is 6.31. The Morgan fingerprint density at radius 2 is 1.95 bits per heavy atom. The minimum Gasteiger partial charge on any atom is -0.766 e. The van der Waals surface area contributed by atoms with Crippen molar-refractivity contribution in [1.82, 2.24) is 15.5 Å². The molecule has 1 saturated carbocycles. The number of hydrogen-bond acceptors (Lipinski definition) is 7. The van der Waals surface area contributed by atoms with E-state index in [4.69, 9.17) is 16.3 Å². The SMILES string of the molecule is COc1cccnc1N1C(=O)CC[C@H]1N([O-])N(c1cccc(F)c1)[C@H](C(=O)NC1CC(F)(F)C1)c1ccccc1Cl. The van der Waals surface area contributed by atoms with E-state index in [0.29, 0.717) is 5.17 Å². The predicted molar refractivity (Wildman–Crippen MR) is 146 cm³/mol.